The van der Waals surface area contributed by atoms with Crippen molar-refractivity contribution in [2.75, 3.05) is 12.9 Å². The Kier molecular flexibility index (Phi) is 3.30. The molecule has 0 rings (SSSR count). The van der Waals surface area contributed by atoms with Gasteiger partial charge in [-0.3, -0.25) is 0 Å². The molecule has 4 heteroatoms. The topological polar surface area (TPSA) is 43.4 Å². The first-order chi connectivity index (χ1) is 4.12. The Bertz CT molecular complexity index is 178. The van der Waals surface area contributed by atoms with Crippen LogP contribution in [0.3, 0.4) is 0 Å². The Morgan fingerprint density at radius 1 is 1.56 bits per heavy atom. The van der Waals surface area contributed by atoms with Crippen LogP contribution in [0.15, 0.2) is 11.7 Å². The molecule has 0 aliphatic carbocycles. The summed E-state index contributed by atoms with van der Waals surface area (Å²) in [4.78, 5) is 0. The summed E-state index contributed by atoms with van der Waals surface area (Å²) in [6, 6.07) is 0. The van der Waals surface area contributed by atoms with Gasteiger partial charge in [0.1, 0.15) is 0 Å². The maximum absolute atomic E-state index is 10.6. The van der Waals surface area contributed by atoms with E-state index in [9.17, 15) is 8.42 Å². The minimum Gasteiger partial charge on any atom is -0.504 e. The van der Waals surface area contributed by atoms with Crippen LogP contribution in [0.5, 0.6) is 0 Å². The van der Waals surface area contributed by atoms with E-state index in [4.69, 9.17) is 0 Å². The molecule has 0 aromatic rings. The summed E-state index contributed by atoms with van der Waals surface area (Å²) < 4.78 is 25.6. The van der Waals surface area contributed by atoms with Gasteiger partial charge in [-0.1, -0.05) is 6.92 Å². The fraction of sp³-hybridized carbons (Fsp3) is 0.600. The zero-order valence-corrected chi connectivity index (χ0v) is 6.31. The van der Waals surface area contributed by atoms with E-state index >= 15 is 0 Å². The van der Waals surface area contributed by atoms with Gasteiger partial charge in [0.15, 0.2) is 9.84 Å². The van der Waals surface area contributed by atoms with Crippen LogP contribution >= 0.6 is 0 Å². The van der Waals surface area contributed by atoms with E-state index in [2.05, 4.69) is 4.74 Å². The van der Waals surface area contributed by atoms with Gasteiger partial charge in [0.2, 0.25) is 0 Å². The number of sulfone groups is 1. The highest BCUT2D eigenvalue weighted by Crippen LogP contribution is 1.90. The van der Waals surface area contributed by atoms with Crippen molar-refractivity contribution in [2.45, 2.75) is 6.92 Å². The molecule has 0 aliphatic heterocycles. The van der Waals surface area contributed by atoms with Gasteiger partial charge in [-0.25, -0.2) is 8.42 Å². The van der Waals surface area contributed by atoms with E-state index in [1.807, 2.05) is 0 Å². The largest absolute Gasteiger partial charge is 0.504 e. The van der Waals surface area contributed by atoms with Crippen molar-refractivity contribution in [1.82, 2.24) is 0 Å². The molecule has 0 bridgehead atoms. The molecule has 0 aromatic carbocycles. The maximum Gasteiger partial charge on any atom is 0.174 e. The van der Waals surface area contributed by atoms with Crippen LogP contribution in [-0.2, 0) is 14.6 Å². The van der Waals surface area contributed by atoms with Crippen molar-refractivity contribution in [3.63, 3.8) is 0 Å². The van der Waals surface area contributed by atoms with Gasteiger partial charge >= 0.3 is 0 Å². The minimum atomic E-state index is -2.99. The maximum atomic E-state index is 10.6. The fourth-order valence-electron chi connectivity index (χ4n) is 0.236. The van der Waals surface area contributed by atoms with E-state index < -0.39 is 9.84 Å². The van der Waals surface area contributed by atoms with Crippen molar-refractivity contribution >= 4 is 9.84 Å². The van der Waals surface area contributed by atoms with E-state index in [1.165, 1.54) is 7.11 Å². The highest BCUT2D eigenvalue weighted by atomic mass is 32.2. The van der Waals surface area contributed by atoms with E-state index in [0.29, 0.717) is 0 Å². The lowest BCUT2D eigenvalue weighted by atomic mass is 11.0. The Hall–Kier alpha value is -0.510. The van der Waals surface area contributed by atoms with Gasteiger partial charge in [0.25, 0.3) is 0 Å². The number of methoxy groups -OCH3 is 1. The van der Waals surface area contributed by atoms with Crippen LogP contribution in [0.25, 0.3) is 0 Å². The first-order valence-electron chi connectivity index (χ1n) is 2.54. The highest BCUT2D eigenvalue weighted by Gasteiger charge is 1.98. The third-order valence-corrected chi connectivity index (χ3v) is 2.13. The zero-order valence-electron chi connectivity index (χ0n) is 5.49. The quantitative estimate of drug-likeness (QED) is 0.551. The smallest absolute Gasteiger partial charge is 0.174 e. The summed E-state index contributed by atoms with van der Waals surface area (Å²) in [6.07, 6.45) is 1.15. The molecule has 0 N–H and O–H groups in total. The Morgan fingerprint density at radius 3 is 2.44 bits per heavy atom. The Labute approximate surface area is 55.2 Å². The first-order valence-corrected chi connectivity index (χ1v) is 4.26. The van der Waals surface area contributed by atoms with Gasteiger partial charge in [0, 0.05) is 0 Å². The van der Waals surface area contributed by atoms with Gasteiger partial charge in [-0.15, -0.1) is 0 Å². The van der Waals surface area contributed by atoms with Crippen LogP contribution in [-0.4, -0.2) is 21.3 Å². The van der Waals surface area contributed by atoms with E-state index in [0.717, 1.165) is 11.7 Å². The monoisotopic (exact) mass is 150 g/mol. The molecule has 3 nitrogen and oxygen atoms in total. The number of rotatable bonds is 3. The van der Waals surface area contributed by atoms with E-state index in [-0.39, 0.29) is 5.75 Å². The minimum absolute atomic E-state index is 0.118. The van der Waals surface area contributed by atoms with E-state index in [1.54, 1.807) is 6.92 Å². The molecule has 0 spiro atoms. The van der Waals surface area contributed by atoms with Crippen molar-refractivity contribution in [3.8, 4) is 0 Å². The van der Waals surface area contributed by atoms with Crippen LogP contribution in [0.4, 0.5) is 0 Å². The summed E-state index contributed by atoms with van der Waals surface area (Å²) in [5.41, 5.74) is 0. The predicted octanol–water partition coefficient (Wildman–Crippen LogP) is 0.539. The fourth-order valence-corrected chi connectivity index (χ4v) is 0.709. The highest BCUT2D eigenvalue weighted by molar-refractivity contribution is 7.94. The van der Waals surface area contributed by atoms with Crippen molar-refractivity contribution in [2.24, 2.45) is 0 Å². The second-order valence-corrected chi connectivity index (χ2v) is 3.63. The van der Waals surface area contributed by atoms with Gasteiger partial charge in [0.05, 0.1) is 24.5 Å². The molecule has 0 heterocycles. The molecular formula is C5H10O3S. The summed E-state index contributed by atoms with van der Waals surface area (Å²) in [5, 5.41) is 1.05. The second kappa shape index (κ2) is 3.50. The summed E-state index contributed by atoms with van der Waals surface area (Å²) in [6.45, 7) is 1.58. The average molecular weight is 150 g/mol. The third-order valence-electron chi connectivity index (χ3n) is 0.801. The Balaban J connectivity index is 4.04. The lowest BCUT2D eigenvalue weighted by Crippen LogP contribution is -1.96. The molecule has 0 saturated heterocycles. The molecule has 0 aliphatic rings. The predicted molar refractivity (Wildman–Crippen MR) is 35.6 cm³/mol. The summed E-state index contributed by atoms with van der Waals surface area (Å²) >= 11 is 0. The zero-order chi connectivity index (χ0) is 7.33. The molecule has 0 amide bonds. The third kappa shape index (κ3) is 4.02. The van der Waals surface area contributed by atoms with Crippen LogP contribution in [0.1, 0.15) is 6.92 Å². The van der Waals surface area contributed by atoms with Gasteiger partial charge < -0.3 is 4.74 Å². The molecule has 9 heavy (non-hydrogen) atoms. The SMILES string of the molecule is CCS(=O)(=O)C=COC. The van der Waals surface area contributed by atoms with Crippen LogP contribution < -0.4 is 0 Å². The molecule has 0 unspecified atom stereocenters. The average Bonchev–Trinajstić information content (AvgIpc) is 1.84. The van der Waals surface area contributed by atoms with Gasteiger partial charge in [-0.2, -0.15) is 0 Å². The summed E-state index contributed by atoms with van der Waals surface area (Å²) in [5.74, 6) is 0.118. The van der Waals surface area contributed by atoms with Crippen LogP contribution in [0.2, 0.25) is 0 Å². The van der Waals surface area contributed by atoms with Gasteiger partial charge in [-0.05, 0) is 0 Å². The molecule has 0 saturated carbocycles. The molecule has 0 atom stereocenters. The molecule has 54 valence electrons. The lowest BCUT2D eigenvalue weighted by Gasteiger charge is -1.88. The molecule has 0 aromatic heterocycles. The number of hydrogen-bond donors (Lipinski definition) is 0. The normalized spacial score (nSPS) is 12.2. The number of ether oxygens (including phenoxy) is 1. The summed E-state index contributed by atoms with van der Waals surface area (Å²) in [7, 11) is -1.58. The molecule has 0 radical (unpaired) electrons. The lowest BCUT2D eigenvalue weighted by molar-refractivity contribution is 0.338. The number of hydrogen-bond acceptors (Lipinski definition) is 3. The molecule has 0 fully saturated rings. The van der Waals surface area contributed by atoms with Crippen molar-refractivity contribution < 1.29 is 13.2 Å². The second-order valence-electron chi connectivity index (χ2n) is 1.46. The Morgan fingerprint density at radius 2 is 2.11 bits per heavy atom. The van der Waals surface area contributed by atoms with Crippen molar-refractivity contribution in [1.29, 1.82) is 0 Å². The van der Waals surface area contributed by atoms with Crippen molar-refractivity contribution in [3.05, 3.63) is 11.7 Å². The standard InChI is InChI=1S/C5H10O3S/c1-3-9(6,7)5-4-8-2/h4-5H,3H2,1-2H3. The first kappa shape index (κ1) is 8.49. The molecular weight excluding hydrogens is 140 g/mol. The van der Waals surface area contributed by atoms with Crippen LogP contribution in [0, 0.1) is 0 Å².